The molecule has 0 spiro atoms. The van der Waals surface area contributed by atoms with Crippen molar-refractivity contribution in [3.05, 3.63) is 35.4 Å². The SMILES string of the molecule is Cc1cccc(COC(=O)NCCC#N)c1. The van der Waals surface area contributed by atoms with Crippen LogP contribution in [0.1, 0.15) is 17.5 Å². The van der Waals surface area contributed by atoms with Crippen molar-refractivity contribution in [1.29, 1.82) is 5.26 Å². The summed E-state index contributed by atoms with van der Waals surface area (Å²) in [5.41, 5.74) is 2.08. The molecular weight excluding hydrogens is 204 g/mol. The highest BCUT2D eigenvalue weighted by atomic mass is 16.5. The number of nitrogens with one attached hydrogen (secondary N) is 1. The first-order valence-corrected chi connectivity index (χ1v) is 5.05. The summed E-state index contributed by atoms with van der Waals surface area (Å²) in [5.74, 6) is 0. The van der Waals surface area contributed by atoms with Gasteiger partial charge in [0.1, 0.15) is 6.61 Å². The molecule has 16 heavy (non-hydrogen) atoms. The Labute approximate surface area is 94.8 Å². The molecule has 0 aliphatic heterocycles. The molecule has 0 aliphatic carbocycles. The highest BCUT2D eigenvalue weighted by molar-refractivity contribution is 5.67. The van der Waals surface area contributed by atoms with E-state index < -0.39 is 6.09 Å². The number of alkyl carbamates (subject to hydrolysis) is 1. The minimum absolute atomic E-state index is 0.250. The van der Waals surface area contributed by atoms with Crippen LogP contribution in [0, 0.1) is 18.3 Å². The van der Waals surface area contributed by atoms with Gasteiger partial charge in [-0.1, -0.05) is 29.8 Å². The first kappa shape index (κ1) is 12.1. The van der Waals surface area contributed by atoms with Gasteiger partial charge in [0.2, 0.25) is 0 Å². The largest absolute Gasteiger partial charge is 0.445 e. The second kappa shape index (κ2) is 6.46. The van der Waals surface area contributed by atoms with Crippen molar-refractivity contribution in [3.63, 3.8) is 0 Å². The topological polar surface area (TPSA) is 62.1 Å². The Kier molecular flexibility index (Phi) is 4.87. The number of benzene rings is 1. The number of hydrogen-bond donors (Lipinski definition) is 1. The molecule has 0 aliphatic rings. The standard InChI is InChI=1S/C12H14N2O2/c1-10-4-2-5-11(8-10)9-16-12(15)14-7-3-6-13/h2,4-5,8H,3,7,9H2,1H3,(H,14,15). The van der Waals surface area contributed by atoms with Crippen LogP contribution in [0.3, 0.4) is 0 Å². The molecule has 1 N–H and O–H groups in total. The summed E-state index contributed by atoms with van der Waals surface area (Å²) in [6.07, 6.45) is -0.198. The van der Waals surface area contributed by atoms with Crippen LogP contribution in [0.15, 0.2) is 24.3 Å². The molecule has 0 unspecified atom stereocenters. The quantitative estimate of drug-likeness (QED) is 0.787. The fourth-order valence-electron chi connectivity index (χ4n) is 1.22. The fraction of sp³-hybridized carbons (Fsp3) is 0.333. The minimum Gasteiger partial charge on any atom is -0.445 e. The summed E-state index contributed by atoms with van der Waals surface area (Å²) in [4.78, 5) is 11.1. The lowest BCUT2D eigenvalue weighted by molar-refractivity contribution is 0.140. The van der Waals surface area contributed by atoms with Crippen LogP contribution < -0.4 is 5.32 Å². The average molecular weight is 218 g/mol. The van der Waals surface area contributed by atoms with E-state index >= 15 is 0 Å². The summed E-state index contributed by atoms with van der Waals surface area (Å²) in [6, 6.07) is 9.69. The molecule has 4 heteroatoms. The maximum Gasteiger partial charge on any atom is 0.407 e. The highest BCUT2D eigenvalue weighted by Gasteiger charge is 2.01. The van der Waals surface area contributed by atoms with Crippen LogP contribution in [-0.4, -0.2) is 12.6 Å². The van der Waals surface area contributed by atoms with Gasteiger partial charge in [-0.05, 0) is 12.5 Å². The number of amides is 1. The molecule has 0 heterocycles. The third-order valence-electron chi connectivity index (χ3n) is 1.96. The Morgan fingerprint density at radius 2 is 2.38 bits per heavy atom. The van der Waals surface area contributed by atoms with Crippen LogP contribution in [-0.2, 0) is 11.3 Å². The third-order valence-corrected chi connectivity index (χ3v) is 1.96. The molecule has 1 aromatic rings. The smallest absolute Gasteiger partial charge is 0.407 e. The molecule has 0 saturated heterocycles. The summed E-state index contributed by atoms with van der Waals surface area (Å²) in [6.45, 7) is 2.56. The van der Waals surface area contributed by atoms with Crippen molar-refractivity contribution in [2.75, 3.05) is 6.54 Å². The summed E-state index contributed by atoms with van der Waals surface area (Å²) in [7, 11) is 0. The number of nitrogens with zero attached hydrogens (tertiary/aromatic N) is 1. The number of aryl methyl sites for hydroxylation is 1. The van der Waals surface area contributed by atoms with Crippen molar-refractivity contribution in [3.8, 4) is 6.07 Å². The summed E-state index contributed by atoms with van der Waals surface area (Å²) >= 11 is 0. The van der Waals surface area contributed by atoms with E-state index in [0.717, 1.165) is 11.1 Å². The zero-order valence-electron chi connectivity index (χ0n) is 9.19. The predicted molar refractivity (Wildman–Crippen MR) is 59.6 cm³/mol. The molecule has 4 nitrogen and oxygen atoms in total. The van der Waals surface area contributed by atoms with E-state index in [0.29, 0.717) is 13.0 Å². The van der Waals surface area contributed by atoms with E-state index in [1.807, 2.05) is 37.3 Å². The van der Waals surface area contributed by atoms with E-state index in [4.69, 9.17) is 10.00 Å². The first-order chi connectivity index (χ1) is 7.72. The van der Waals surface area contributed by atoms with Crippen molar-refractivity contribution in [2.45, 2.75) is 20.0 Å². The number of ether oxygens (including phenoxy) is 1. The van der Waals surface area contributed by atoms with E-state index in [9.17, 15) is 4.79 Å². The lowest BCUT2D eigenvalue weighted by Gasteiger charge is -2.06. The molecule has 0 radical (unpaired) electrons. The Bertz CT molecular complexity index is 396. The van der Waals surface area contributed by atoms with Crippen LogP contribution in [0.4, 0.5) is 4.79 Å². The van der Waals surface area contributed by atoms with Crippen LogP contribution >= 0.6 is 0 Å². The molecule has 1 aromatic carbocycles. The second-order valence-corrected chi connectivity index (χ2v) is 3.40. The van der Waals surface area contributed by atoms with Gasteiger partial charge in [-0.25, -0.2) is 4.79 Å². The first-order valence-electron chi connectivity index (χ1n) is 5.05. The molecule has 1 amide bonds. The molecular formula is C12H14N2O2. The molecule has 0 aromatic heterocycles. The van der Waals surface area contributed by atoms with Crippen LogP contribution in [0.2, 0.25) is 0 Å². The number of hydrogen-bond acceptors (Lipinski definition) is 3. The Morgan fingerprint density at radius 1 is 1.56 bits per heavy atom. The van der Waals surface area contributed by atoms with Gasteiger partial charge in [0.15, 0.2) is 0 Å². The Hall–Kier alpha value is -2.02. The van der Waals surface area contributed by atoms with Gasteiger partial charge in [-0.2, -0.15) is 5.26 Å². The summed E-state index contributed by atoms with van der Waals surface area (Å²) in [5, 5.41) is 10.8. The molecule has 1 rings (SSSR count). The molecule has 0 fully saturated rings. The van der Waals surface area contributed by atoms with Gasteiger partial charge < -0.3 is 10.1 Å². The van der Waals surface area contributed by atoms with Crippen molar-refractivity contribution in [2.24, 2.45) is 0 Å². The lowest BCUT2D eigenvalue weighted by Crippen LogP contribution is -2.24. The van der Waals surface area contributed by atoms with E-state index in [-0.39, 0.29) is 6.61 Å². The van der Waals surface area contributed by atoms with Crippen molar-refractivity contribution in [1.82, 2.24) is 5.32 Å². The third kappa shape index (κ3) is 4.47. The van der Waals surface area contributed by atoms with Gasteiger partial charge in [0, 0.05) is 6.54 Å². The van der Waals surface area contributed by atoms with Crippen LogP contribution in [0.5, 0.6) is 0 Å². The zero-order valence-corrected chi connectivity index (χ0v) is 9.19. The van der Waals surface area contributed by atoms with Gasteiger partial charge in [0.25, 0.3) is 0 Å². The van der Waals surface area contributed by atoms with E-state index in [1.165, 1.54) is 0 Å². The monoisotopic (exact) mass is 218 g/mol. The van der Waals surface area contributed by atoms with E-state index in [2.05, 4.69) is 5.32 Å². The fourth-order valence-corrected chi connectivity index (χ4v) is 1.22. The number of carbonyl (C=O) groups is 1. The van der Waals surface area contributed by atoms with Crippen molar-refractivity contribution >= 4 is 6.09 Å². The second-order valence-electron chi connectivity index (χ2n) is 3.40. The van der Waals surface area contributed by atoms with Crippen molar-refractivity contribution < 1.29 is 9.53 Å². The Morgan fingerprint density at radius 3 is 3.06 bits per heavy atom. The lowest BCUT2D eigenvalue weighted by atomic mass is 10.1. The minimum atomic E-state index is -0.489. The predicted octanol–water partition coefficient (Wildman–Crippen LogP) is 2.13. The normalized spacial score (nSPS) is 9.25. The molecule has 0 saturated carbocycles. The summed E-state index contributed by atoms with van der Waals surface area (Å²) < 4.78 is 4.97. The molecule has 0 bridgehead atoms. The van der Waals surface area contributed by atoms with Gasteiger partial charge in [-0.3, -0.25) is 0 Å². The number of carbonyl (C=O) groups excluding carboxylic acids is 1. The molecule has 84 valence electrons. The van der Waals surface area contributed by atoms with Gasteiger partial charge in [0.05, 0.1) is 12.5 Å². The van der Waals surface area contributed by atoms with Crippen LogP contribution in [0.25, 0.3) is 0 Å². The maximum absolute atomic E-state index is 11.1. The average Bonchev–Trinajstić information content (AvgIpc) is 2.27. The Balaban J connectivity index is 2.29. The highest BCUT2D eigenvalue weighted by Crippen LogP contribution is 2.05. The molecule has 0 atom stereocenters. The maximum atomic E-state index is 11.1. The van der Waals surface area contributed by atoms with Gasteiger partial charge >= 0.3 is 6.09 Å². The number of nitriles is 1. The van der Waals surface area contributed by atoms with Gasteiger partial charge in [-0.15, -0.1) is 0 Å². The zero-order chi connectivity index (χ0) is 11.8. The van der Waals surface area contributed by atoms with E-state index in [1.54, 1.807) is 0 Å². The number of rotatable bonds is 4.